The van der Waals surface area contributed by atoms with E-state index in [-0.39, 0.29) is 11.9 Å². The largest absolute Gasteiger partial charge is 0.461 e. The van der Waals surface area contributed by atoms with Crippen molar-refractivity contribution in [2.75, 3.05) is 6.61 Å². The van der Waals surface area contributed by atoms with E-state index in [9.17, 15) is 4.79 Å². The van der Waals surface area contributed by atoms with E-state index in [1.165, 1.54) is 6.08 Å². The van der Waals surface area contributed by atoms with Crippen LogP contribution in [-0.2, 0) is 9.53 Å². The molecule has 0 N–H and O–H groups in total. The van der Waals surface area contributed by atoms with Crippen LogP contribution in [0.2, 0.25) is 0 Å². The van der Waals surface area contributed by atoms with Crippen molar-refractivity contribution in [3.05, 3.63) is 11.1 Å². The summed E-state index contributed by atoms with van der Waals surface area (Å²) in [5.41, 5.74) is 1.02. The van der Waals surface area contributed by atoms with Crippen molar-refractivity contribution in [3.63, 3.8) is 0 Å². The maximum atomic E-state index is 11.5. The maximum absolute atomic E-state index is 11.5. The molecule has 0 bridgehead atoms. The lowest BCUT2D eigenvalue weighted by atomic mass is 10.3. The quantitative estimate of drug-likeness (QED) is 0.533. The average Bonchev–Trinajstić information content (AvgIpc) is 2.59. The summed E-state index contributed by atoms with van der Waals surface area (Å²) in [6, 6.07) is 0. The van der Waals surface area contributed by atoms with Gasteiger partial charge in [-0.1, -0.05) is 16.3 Å². The Hall–Kier alpha value is -1.49. The number of aliphatic imine (C=N–C) groups is 1. The molecule has 1 atom stereocenters. The number of hydrazone groups is 1. The smallest absolute Gasteiger partial charge is 0.363 e. The van der Waals surface area contributed by atoms with Gasteiger partial charge in [0.1, 0.15) is 10.7 Å². The van der Waals surface area contributed by atoms with E-state index >= 15 is 0 Å². The fourth-order valence-corrected chi connectivity index (χ4v) is 1.73. The van der Waals surface area contributed by atoms with Crippen molar-refractivity contribution in [3.8, 4) is 0 Å². The van der Waals surface area contributed by atoms with Crippen LogP contribution >= 0.6 is 11.6 Å². The van der Waals surface area contributed by atoms with Gasteiger partial charge in [0.05, 0.1) is 6.61 Å². The Morgan fingerprint density at radius 3 is 3.12 bits per heavy atom. The highest BCUT2D eigenvalue weighted by Gasteiger charge is 2.35. The molecule has 2 aliphatic rings. The van der Waals surface area contributed by atoms with Crippen LogP contribution in [-0.4, -0.2) is 41.1 Å². The third kappa shape index (κ3) is 1.90. The van der Waals surface area contributed by atoms with Crippen molar-refractivity contribution < 1.29 is 14.2 Å². The molecule has 2 rings (SSSR count). The first-order chi connectivity index (χ1) is 7.61. The first kappa shape index (κ1) is 11.0. The highest BCUT2D eigenvalue weighted by molar-refractivity contribution is 6.44. The molecule has 2 heterocycles. The zero-order valence-electron chi connectivity index (χ0n) is 8.98. The van der Waals surface area contributed by atoms with Crippen LogP contribution in [0, 0.1) is 0 Å². The number of halogens is 1. The summed E-state index contributed by atoms with van der Waals surface area (Å²) in [6.45, 7) is 3.90. The molecule has 0 fully saturated rings. The molecule has 0 radical (unpaired) electrons. The van der Waals surface area contributed by atoms with Gasteiger partial charge in [0, 0.05) is 11.2 Å². The van der Waals surface area contributed by atoms with Gasteiger partial charge in [0.25, 0.3) is 0 Å². The monoisotopic (exact) mass is 240 g/mol. The second-order valence-electron chi connectivity index (χ2n) is 3.39. The van der Waals surface area contributed by atoms with Gasteiger partial charge in [-0.2, -0.15) is 0 Å². The second-order valence-corrected chi connectivity index (χ2v) is 3.82. The summed E-state index contributed by atoms with van der Waals surface area (Å²) in [7, 11) is 0. The van der Waals surface area contributed by atoms with Gasteiger partial charge in [-0.05, 0) is 13.8 Å². The molecule has 0 amide bonds. The van der Waals surface area contributed by atoms with Crippen molar-refractivity contribution in [2.45, 2.75) is 20.0 Å². The number of hydrogen-bond donors (Lipinski definition) is 0. The highest BCUT2D eigenvalue weighted by atomic mass is 35.5. The minimum absolute atomic E-state index is 0.198. The van der Waals surface area contributed by atoms with Crippen LogP contribution < -0.4 is 0 Å². The fraction of sp³-hybridized carbons (Fsp3) is 0.400. The minimum Gasteiger partial charge on any atom is -0.461 e. The molecule has 0 aromatic carbocycles. The molecule has 0 aromatic rings. The summed E-state index contributed by atoms with van der Waals surface area (Å²) < 4.78 is 6.41. The molecule has 2 aliphatic heterocycles. The molecule has 0 saturated heterocycles. The van der Waals surface area contributed by atoms with Gasteiger partial charge in [-0.25, -0.2) is 9.79 Å². The van der Waals surface area contributed by atoms with Crippen molar-refractivity contribution in [2.24, 2.45) is 10.1 Å². The third-order valence-electron chi connectivity index (χ3n) is 2.12. The Morgan fingerprint density at radius 1 is 1.69 bits per heavy atom. The molecule has 6 heteroatoms. The number of nitrogens with zero attached hydrogens (tertiary/aromatic N) is 3. The number of carbonyl (C=O) groups is 1. The summed E-state index contributed by atoms with van der Waals surface area (Å²) in [5.74, 6) is -0.475. The van der Waals surface area contributed by atoms with E-state index in [1.807, 2.05) is 6.92 Å². The zero-order chi connectivity index (χ0) is 11.7. The van der Waals surface area contributed by atoms with Gasteiger partial charge in [0.2, 0.25) is 11.9 Å². The molecule has 16 heavy (non-hydrogen) atoms. The Balaban J connectivity index is 2.29. The lowest BCUT2D eigenvalue weighted by molar-refractivity contribution is -0.551. The standard InChI is InChI=1S/C10H11ClN3O2/c1-3-16-10(15)8-4-7(11)9-12-6(2)5-14(9)13-8/h4-5,9H,3H2,1-2H3/q+1. The van der Waals surface area contributed by atoms with Crippen molar-refractivity contribution >= 4 is 35.2 Å². The van der Waals surface area contributed by atoms with Crippen molar-refractivity contribution in [1.29, 1.82) is 0 Å². The SMILES string of the molecule is CCOC(=O)C1=N[N+]2=CC(C)=NC2C(Cl)=C1. The van der Waals surface area contributed by atoms with Gasteiger partial charge in [0.15, 0.2) is 0 Å². The van der Waals surface area contributed by atoms with Crippen LogP contribution in [0.3, 0.4) is 0 Å². The van der Waals surface area contributed by atoms with Gasteiger partial charge >= 0.3 is 12.1 Å². The molecule has 84 valence electrons. The number of ether oxygens (including phenoxy) is 1. The van der Waals surface area contributed by atoms with Crippen LogP contribution in [0.4, 0.5) is 0 Å². The third-order valence-corrected chi connectivity index (χ3v) is 2.43. The van der Waals surface area contributed by atoms with Gasteiger partial charge in [-0.3, -0.25) is 0 Å². The van der Waals surface area contributed by atoms with E-state index in [1.54, 1.807) is 17.8 Å². The minimum atomic E-state index is -0.475. The number of fused-ring (bicyclic) bond motifs is 1. The lowest BCUT2D eigenvalue weighted by Crippen LogP contribution is -2.28. The van der Waals surface area contributed by atoms with Gasteiger partial charge < -0.3 is 4.74 Å². The Morgan fingerprint density at radius 2 is 2.44 bits per heavy atom. The van der Waals surface area contributed by atoms with E-state index in [0.717, 1.165) is 5.71 Å². The van der Waals surface area contributed by atoms with E-state index in [0.29, 0.717) is 11.6 Å². The number of rotatable bonds is 2. The first-order valence-electron chi connectivity index (χ1n) is 4.92. The molecule has 5 nitrogen and oxygen atoms in total. The first-order valence-corrected chi connectivity index (χ1v) is 5.30. The highest BCUT2D eigenvalue weighted by Crippen LogP contribution is 2.20. The van der Waals surface area contributed by atoms with Crippen LogP contribution in [0.1, 0.15) is 13.8 Å². The predicted molar refractivity (Wildman–Crippen MR) is 61.2 cm³/mol. The summed E-state index contributed by atoms with van der Waals surface area (Å²) in [6.07, 6.45) is 2.91. The normalized spacial score (nSPS) is 22.8. The average molecular weight is 241 g/mol. The predicted octanol–water partition coefficient (Wildman–Crippen LogP) is 0.926. The van der Waals surface area contributed by atoms with E-state index < -0.39 is 5.97 Å². The summed E-state index contributed by atoms with van der Waals surface area (Å²) in [5, 5.41) is 4.57. The summed E-state index contributed by atoms with van der Waals surface area (Å²) in [4.78, 5) is 15.7. The fourth-order valence-electron chi connectivity index (χ4n) is 1.48. The van der Waals surface area contributed by atoms with Crippen LogP contribution in [0.15, 0.2) is 21.2 Å². The Bertz CT molecular complexity index is 463. The van der Waals surface area contributed by atoms with Crippen LogP contribution in [0.25, 0.3) is 0 Å². The zero-order valence-corrected chi connectivity index (χ0v) is 9.73. The van der Waals surface area contributed by atoms with E-state index in [4.69, 9.17) is 16.3 Å². The number of esters is 1. The van der Waals surface area contributed by atoms with Gasteiger partial charge in [-0.15, -0.1) is 0 Å². The molecule has 0 aromatic heterocycles. The summed E-state index contributed by atoms with van der Waals surface area (Å²) >= 11 is 6.03. The Labute approximate surface area is 97.8 Å². The van der Waals surface area contributed by atoms with Crippen LogP contribution in [0.5, 0.6) is 0 Å². The second kappa shape index (κ2) is 4.17. The van der Waals surface area contributed by atoms with Crippen molar-refractivity contribution in [1.82, 2.24) is 0 Å². The molecule has 0 spiro atoms. The Kier molecular flexibility index (Phi) is 2.87. The molecular formula is C10H11ClN3O2+. The number of hydrogen-bond acceptors (Lipinski definition) is 4. The molecule has 1 unspecified atom stereocenters. The number of carbonyl (C=O) groups excluding carboxylic acids is 1. The molecule has 0 aliphatic carbocycles. The maximum Gasteiger partial charge on any atom is 0.363 e. The molecule has 0 saturated carbocycles. The topological polar surface area (TPSA) is 54.0 Å². The lowest BCUT2D eigenvalue weighted by Gasteiger charge is -2.08. The van der Waals surface area contributed by atoms with E-state index in [2.05, 4.69) is 10.1 Å². The molecular weight excluding hydrogens is 230 g/mol.